The van der Waals surface area contributed by atoms with Gasteiger partial charge in [0.15, 0.2) is 0 Å². The Balaban J connectivity index is 1.93. The highest BCUT2D eigenvalue weighted by atomic mass is 35.5. The summed E-state index contributed by atoms with van der Waals surface area (Å²) >= 11 is 6.19. The summed E-state index contributed by atoms with van der Waals surface area (Å²) in [5.41, 5.74) is 7.32. The third-order valence-electron chi connectivity index (χ3n) is 4.76. The van der Waals surface area contributed by atoms with Crippen LogP contribution in [0.4, 0.5) is 5.69 Å². The minimum atomic E-state index is 0.455. The van der Waals surface area contributed by atoms with Crippen molar-refractivity contribution >= 4 is 17.3 Å². The largest absolute Gasteiger partial charge is 0.238 e. The lowest BCUT2D eigenvalue weighted by molar-refractivity contribution is 0.833. The second-order valence-corrected chi connectivity index (χ2v) is 7.29. The lowest BCUT2D eigenvalue weighted by Crippen LogP contribution is -2.00. The molecule has 132 valence electrons. The molecular weight excluding hydrogens is 342 g/mol. The van der Waals surface area contributed by atoms with Gasteiger partial charge in [-0.05, 0) is 43.0 Å². The van der Waals surface area contributed by atoms with Crippen LogP contribution in [0.15, 0.2) is 42.5 Å². The van der Waals surface area contributed by atoms with Gasteiger partial charge in [0.2, 0.25) is 5.69 Å². The SMILES string of the molecule is [C-]#[N+]c1ccc(-n2nc(C)c(Cc3ccc(C(C)C)cc3)c2C)cc1Cl. The Kier molecular flexibility index (Phi) is 5.15. The lowest BCUT2D eigenvalue weighted by Gasteiger charge is -2.08. The van der Waals surface area contributed by atoms with E-state index >= 15 is 0 Å². The van der Waals surface area contributed by atoms with Gasteiger partial charge in [-0.1, -0.05) is 55.8 Å². The van der Waals surface area contributed by atoms with E-state index in [0.29, 0.717) is 16.6 Å². The molecule has 3 aromatic rings. The van der Waals surface area contributed by atoms with E-state index in [2.05, 4.69) is 49.9 Å². The van der Waals surface area contributed by atoms with Crippen LogP contribution in [0, 0.1) is 20.4 Å². The van der Waals surface area contributed by atoms with Crippen molar-refractivity contribution in [1.82, 2.24) is 9.78 Å². The molecule has 0 aliphatic rings. The molecule has 0 unspecified atom stereocenters. The van der Waals surface area contributed by atoms with Crippen molar-refractivity contribution in [2.24, 2.45) is 0 Å². The molecule has 0 atom stereocenters. The van der Waals surface area contributed by atoms with Gasteiger partial charge in [0, 0.05) is 22.7 Å². The van der Waals surface area contributed by atoms with Crippen molar-refractivity contribution in [2.45, 2.75) is 40.0 Å². The molecule has 2 aromatic carbocycles. The van der Waals surface area contributed by atoms with Gasteiger partial charge in [0.1, 0.15) is 0 Å². The number of aromatic nitrogens is 2. The molecule has 0 fully saturated rings. The van der Waals surface area contributed by atoms with Crippen molar-refractivity contribution in [3.63, 3.8) is 0 Å². The molecule has 0 bridgehead atoms. The third kappa shape index (κ3) is 3.52. The standard InChI is InChI=1S/C22H22ClN3/c1-14(2)18-8-6-17(7-9-18)12-20-15(3)25-26(16(20)4)19-10-11-22(24-5)21(23)13-19/h6-11,13-14H,12H2,1-4H3. The fourth-order valence-corrected chi connectivity index (χ4v) is 3.34. The zero-order valence-electron chi connectivity index (χ0n) is 15.5. The molecule has 0 saturated heterocycles. The first-order valence-corrected chi connectivity index (χ1v) is 9.09. The molecule has 0 amide bonds. The molecule has 26 heavy (non-hydrogen) atoms. The van der Waals surface area contributed by atoms with Gasteiger partial charge < -0.3 is 0 Å². The van der Waals surface area contributed by atoms with Crippen LogP contribution in [0.1, 0.15) is 47.8 Å². The molecular formula is C22H22ClN3. The molecule has 0 spiro atoms. The summed E-state index contributed by atoms with van der Waals surface area (Å²) in [6.07, 6.45) is 0.851. The van der Waals surface area contributed by atoms with Crippen LogP contribution < -0.4 is 0 Å². The first kappa shape index (κ1) is 18.2. The van der Waals surface area contributed by atoms with E-state index in [1.165, 1.54) is 16.7 Å². The zero-order chi connectivity index (χ0) is 18.8. The molecule has 0 aliphatic carbocycles. The minimum absolute atomic E-state index is 0.455. The molecule has 0 N–H and O–H groups in total. The fourth-order valence-electron chi connectivity index (χ4n) is 3.12. The number of nitrogens with zero attached hydrogens (tertiary/aromatic N) is 3. The van der Waals surface area contributed by atoms with E-state index in [1.54, 1.807) is 12.1 Å². The average Bonchev–Trinajstić information content (AvgIpc) is 2.90. The topological polar surface area (TPSA) is 22.2 Å². The van der Waals surface area contributed by atoms with Gasteiger partial charge >= 0.3 is 0 Å². The first-order valence-electron chi connectivity index (χ1n) is 8.72. The highest BCUT2D eigenvalue weighted by molar-refractivity contribution is 6.33. The van der Waals surface area contributed by atoms with Crippen molar-refractivity contribution in [3.05, 3.63) is 87.0 Å². The van der Waals surface area contributed by atoms with Crippen LogP contribution in [-0.4, -0.2) is 9.78 Å². The monoisotopic (exact) mass is 363 g/mol. The van der Waals surface area contributed by atoms with E-state index in [1.807, 2.05) is 17.7 Å². The Morgan fingerprint density at radius 3 is 2.38 bits per heavy atom. The van der Waals surface area contributed by atoms with Crippen LogP contribution in [0.2, 0.25) is 5.02 Å². The van der Waals surface area contributed by atoms with Gasteiger partial charge in [-0.2, -0.15) is 5.10 Å². The highest BCUT2D eigenvalue weighted by Gasteiger charge is 2.14. The maximum Gasteiger partial charge on any atom is 0.205 e. The molecule has 3 nitrogen and oxygen atoms in total. The van der Waals surface area contributed by atoms with Crippen LogP contribution in [0.5, 0.6) is 0 Å². The molecule has 1 heterocycles. The summed E-state index contributed by atoms with van der Waals surface area (Å²) < 4.78 is 1.91. The Bertz CT molecular complexity index is 976. The Morgan fingerprint density at radius 1 is 1.12 bits per heavy atom. The summed E-state index contributed by atoms with van der Waals surface area (Å²) in [5, 5.41) is 5.15. The molecule has 4 heteroatoms. The Labute approximate surface area is 160 Å². The normalized spacial score (nSPS) is 11.0. The number of benzene rings is 2. The summed E-state index contributed by atoms with van der Waals surface area (Å²) in [7, 11) is 0. The molecule has 0 aliphatic heterocycles. The Morgan fingerprint density at radius 2 is 1.81 bits per heavy atom. The van der Waals surface area contributed by atoms with Crippen molar-refractivity contribution in [2.75, 3.05) is 0 Å². The average molecular weight is 364 g/mol. The quantitative estimate of drug-likeness (QED) is 0.491. The maximum atomic E-state index is 7.12. The fraction of sp³-hybridized carbons (Fsp3) is 0.273. The summed E-state index contributed by atoms with van der Waals surface area (Å²) in [6, 6.07) is 14.2. The summed E-state index contributed by atoms with van der Waals surface area (Å²) in [5.74, 6) is 0.540. The van der Waals surface area contributed by atoms with Gasteiger partial charge in [0.05, 0.1) is 18.0 Å². The van der Waals surface area contributed by atoms with Gasteiger partial charge in [-0.3, -0.25) is 0 Å². The number of rotatable bonds is 4. The lowest BCUT2D eigenvalue weighted by atomic mass is 9.98. The van der Waals surface area contributed by atoms with E-state index in [-0.39, 0.29) is 0 Å². The second-order valence-electron chi connectivity index (χ2n) is 6.88. The predicted molar refractivity (Wildman–Crippen MR) is 108 cm³/mol. The van der Waals surface area contributed by atoms with Crippen LogP contribution in [-0.2, 0) is 6.42 Å². The first-order chi connectivity index (χ1) is 12.4. The van der Waals surface area contributed by atoms with E-state index in [4.69, 9.17) is 23.3 Å². The van der Waals surface area contributed by atoms with Gasteiger partial charge in [-0.25, -0.2) is 9.53 Å². The number of hydrogen-bond acceptors (Lipinski definition) is 1. The van der Waals surface area contributed by atoms with Crippen LogP contribution in [0.25, 0.3) is 10.5 Å². The second kappa shape index (κ2) is 7.35. The van der Waals surface area contributed by atoms with Crippen molar-refractivity contribution in [1.29, 1.82) is 0 Å². The van der Waals surface area contributed by atoms with Crippen LogP contribution >= 0.6 is 11.6 Å². The summed E-state index contributed by atoms with van der Waals surface area (Å²) in [6.45, 7) is 15.7. The number of hydrogen-bond donors (Lipinski definition) is 0. The Hall–Kier alpha value is -2.57. The number of aryl methyl sites for hydroxylation is 1. The predicted octanol–water partition coefficient (Wildman–Crippen LogP) is 6.41. The van der Waals surface area contributed by atoms with E-state index in [9.17, 15) is 0 Å². The summed E-state index contributed by atoms with van der Waals surface area (Å²) in [4.78, 5) is 3.41. The molecule has 3 rings (SSSR count). The van der Waals surface area contributed by atoms with Crippen LogP contribution in [0.3, 0.4) is 0 Å². The van der Waals surface area contributed by atoms with Gasteiger partial charge in [-0.15, -0.1) is 0 Å². The maximum absolute atomic E-state index is 7.12. The van der Waals surface area contributed by atoms with Crippen molar-refractivity contribution < 1.29 is 0 Å². The van der Waals surface area contributed by atoms with Gasteiger partial charge in [0.25, 0.3) is 0 Å². The molecule has 0 saturated carbocycles. The molecule has 0 radical (unpaired) electrons. The smallest absolute Gasteiger partial charge is 0.205 e. The molecule has 1 aromatic heterocycles. The van der Waals surface area contributed by atoms with E-state index in [0.717, 1.165) is 23.5 Å². The van der Waals surface area contributed by atoms with E-state index < -0.39 is 0 Å². The third-order valence-corrected chi connectivity index (χ3v) is 5.07. The van der Waals surface area contributed by atoms with Crippen molar-refractivity contribution in [3.8, 4) is 5.69 Å². The minimum Gasteiger partial charge on any atom is -0.238 e. The highest BCUT2D eigenvalue weighted by Crippen LogP contribution is 2.29. The zero-order valence-corrected chi connectivity index (χ0v) is 16.3. The number of halogens is 1.